The molecule has 0 nitrogen and oxygen atoms in total. The molecule has 0 heterocycles. The molecule has 5 unspecified atom stereocenters. The van der Waals surface area contributed by atoms with Crippen molar-refractivity contribution in [2.45, 2.75) is 112 Å². The Balaban J connectivity index is 2.54. The summed E-state index contributed by atoms with van der Waals surface area (Å²) < 4.78 is 0. The highest BCUT2D eigenvalue weighted by Crippen LogP contribution is 2.42. The smallest absolute Gasteiger partial charge is 0.0381 e. The highest BCUT2D eigenvalue weighted by atomic mass is 14.4. The Bertz CT molecular complexity index is 278. The van der Waals surface area contributed by atoms with E-state index in [2.05, 4.69) is 41.5 Å². The SMILES string of the molecule is CCCC1CCC(C)CC1CC(CC)C(C)CCC(CC)CC. The second-order valence-corrected chi connectivity index (χ2v) is 8.87. The van der Waals surface area contributed by atoms with E-state index < -0.39 is 0 Å². The van der Waals surface area contributed by atoms with Gasteiger partial charge in [-0.05, 0) is 54.8 Å². The van der Waals surface area contributed by atoms with Gasteiger partial charge < -0.3 is 0 Å². The maximum absolute atomic E-state index is 2.55. The molecule has 1 saturated carbocycles. The monoisotopic (exact) mass is 322 g/mol. The first-order valence-electron chi connectivity index (χ1n) is 11.0. The van der Waals surface area contributed by atoms with E-state index in [1.54, 1.807) is 0 Å². The molecule has 5 atom stereocenters. The first-order valence-corrected chi connectivity index (χ1v) is 11.0. The maximum atomic E-state index is 2.55. The van der Waals surface area contributed by atoms with Crippen molar-refractivity contribution < 1.29 is 0 Å². The third-order valence-corrected chi connectivity index (χ3v) is 7.18. The summed E-state index contributed by atoms with van der Waals surface area (Å²) in [5.74, 6) is 5.91. The highest BCUT2D eigenvalue weighted by Gasteiger charge is 2.31. The van der Waals surface area contributed by atoms with Gasteiger partial charge in [-0.2, -0.15) is 0 Å². The van der Waals surface area contributed by atoms with Gasteiger partial charge >= 0.3 is 0 Å². The lowest BCUT2D eigenvalue weighted by Crippen LogP contribution is -2.27. The van der Waals surface area contributed by atoms with Crippen LogP contribution >= 0.6 is 0 Å². The predicted octanol–water partition coefficient (Wildman–Crippen LogP) is 8.11. The van der Waals surface area contributed by atoms with Gasteiger partial charge in [0, 0.05) is 0 Å². The van der Waals surface area contributed by atoms with Gasteiger partial charge in [0.1, 0.15) is 0 Å². The average Bonchev–Trinajstić information content (AvgIpc) is 2.55. The van der Waals surface area contributed by atoms with Gasteiger partial charge in [-0.25, -0.2) is 0 Å². The van der Waals surface area contributed by atoms with Crippen LogP contribution in [0.3, 0.4) is 0 Å². The first kappa shape index (κ1) is 21.0. The van der Waals surface area contributed by atoms with Crippen LogP contribution < -0.4 is 0 Å². The average molecular weight is 323 g/mol. The summed E-state index contributed by atoms with van der Waals surface area (Å²) in [7, 11) is 0. The Hall–Kier alpha value is 0. The molecule has 138 valence electrons. The van der Waals surface area contributed by atoms with Gasteiger partial charge in [-0.1, -0.05) is 92.9 Å². The zero-order chi connectivity index (χ0) is 17.2. The Morgan fingerprint density at radius 2 is 1.57 bits per heavy atom. The van der Waals surface area contributed by atoms with E-state index in [1.807, 2.05) is 0 Å². The van der Waals surface area contributed by atoms with Crippen molar-refractivity contribution in [2.75, 3.05) is 0 Å². The number of hydrogen-bond donors (Lipinski definition) is 0. The molecule has 0 bridgehead atoms. The molecule has 0 aliphatic heterocycles. The molecule has 0 radical (unpaired) electrons. The topological polar surface area (TPSA) is 0 Å². The lowest BCUT2D eigenvalue weighted by Gasteiger charge is -2.38. The summed E-state index contributed by atoms with van der Waals surface area (Å²) in [6, 6.07) is 0. The van der Waals surface area contributed by atoms with Crippen molar-refractivity contribution in [2.24, 2.45) is 35.5 Å². The van der Waals surface area contributed by atoms with Crippen molar-refractivity contribution in [1.82, 2.24) is 0 Å². The Kier molecular flexibility index (Phi) is 10.6. The summed E-state index contributed by atoms with van der Waals surface area (Å²) >= 11 is 0. The lowest BCUT2D eigenvalue weighted by molar-refractivity contribution is 0.128. The van der Waals surface area contributed by atoms with Crippen molar-refractivity contribution in [3.63, 3.8) is 0 Å². The summed E-state index contributed by atoms with van der Waals surface area (Å²) in [5, 5.41) is 0. The normalized spacial score (nSPS) is 28.0. The molecule has 1 aliphatic rings. The largest absolute Gasteiger partial charge is 0.0654 e. The molecule has 1 aliphatic carbocycles. The van der Waals surface area contributed by atoms with Gasteiger partial charge in [0.2, 0.25) is 0 Å². The van der Waals surface area contributed by atoms with Crippen molar-refractivity contribution in [3.8, 4) is 0 Å². The fourth-order valence-corrected chi connectivity index (χ4v) is 5.22. The number of rotatable bonds is 11. The van der Waals surface area contributed by atoms with Gasteiger partial charge in [0.05, 0.1) is 0 Å². The zero-order valence-corrected chi connectivity index (χ0v) is 17.2. The molecule has 0 aromatic rings. The molecule has 1 rings (SSSR count). The molecule has 0 aromatic carbocycles. The summed E-state index contributed by atoms with van der Waals surface area (Å²) in [6.45, 7) is 14.6. The van der Waals surface area contributed by atoms with Gasteiger partial charge in [0.25, 0.3) is 0 Å². The fourth-order valence-electron chi connectivity index (χ4n) is 5.22. The van der Waals surface area contributed by atoms with Crippen molar-refractivity contribution >= 4 is 0 Å². The minimum absolute atomic E-state index is 0.931. The first-order chi connectivity index (χ1) is 11.0. The molecule has 0 spiro atoms. The molecule has 1 fully saturated rings. The third kappa shape index (κ3) is 7.18. The molecule has 0 aromatic heterocycles. The van der Waals surface area contributed by atoms with Crippen LogP contribution in [0.5, 0.6) is 0 Å². The highest BCUT2D eigenvalue weighted by molar-refractivity contribution is 4.81. The minimum atomic E-state index is 0.931. The van der Waals surface area contributed by atoms with E-state index in [1.165, 1.54) is 70.6 Å². The Morgan fingerprint density at radius 3 is 2.13 bits per heavy atom. The van der Waals surface area contributed by atoms with Crippen LogP contribution in [0, 0.1) is 35.5 Å². The van der Waals surface area contributed by atoms with Crippen LogP contribution in [-0.4, -0.2) is 0 Å². The van der Waals surface area contributed by atoms with Crippen LogP contribution in [0.4, 0.5) is 0 Å². The quantitative estimate of drug-likeness (QED) is 0.360. The van der Waals surface area contributed by atoms with Gasteiger partial charge in [-0.3, -0.25) is 0 Å². The van der Waals surface area contributed by atoms with E-state index in [4.69, 9.17) is 0 Å². The molecular weight excluding hydrogens is 276 g/mol. The molecule has 0 saturated heterocycles. The van der Waals surface area contributed by atoms with Crippen LogP contribution in [-0.2, 0) is 0 Å². The van der Waals surface area contributed by atoms with Crippen molar-refractivity contribution in [1.29, 1.82) is 0 Å². The van der Waals surface area contributed by atoms with E-state index in [9.17, 15) is 0 Å². The second-order valence-electron chi connectivity index (χ2n) is 8.87. The second kappa shape index (κ2) is 11.5. The van der Waals surface area contributed by atoms with Crippen LogP contribution in [0.2, 0.25) is 0 Å². The fraction of sp³-hybridized carbons (Fsp3) is 1.00. The van der Waals surface area contributed by atoms with E-state index in [-0.39, 0.29) is 0 Å². The van der Waals surface area contributed by atoms with Crippen LogP contribution in [0.15, 0.2) is 0 Å². The molecule has 0 heteroatoms. The van der Waals surface area contributed by atoms with Gasteiger partial charge in [-0.15, -0.1) is 0 Å². The summed E-state index contributed by atoms with van der Waals surface area (Å²) in [5.41, 5.74) is 0. The zero-order valence-electron chi connectivity index (χ0n) is 17.2. The van der Waals surface area contributed by atoms with Crippen LogP contribution in [0.1, 0.15) is 112 Å². The third-order valence-electron chi connectivity index (χ3n) is 7.18. The molecule has 23 heavy (non-hydrogen) atoms. The molecule has 0 amide bonds. The minimum Gasteiger partial charge on any atom is -0.0654 e. The van der Waals surface area contributed by atoms with Gasteiger partial charge in [0.15, 0.2) is 0 Å². The van der Waals surface area contributed by atoms with E-state index in [0.717, 1.165) is 35.5 Å². The summed E-state index contributed by atoms with van der Waals surface area (Å²) in [4.78, 5) is 0. The maximum Gasteiger partial charge on any atom is -0.0381 e. The Morgan fingerprint density at radius 1 is 0.870 bits per heavy atom. The van der Waals surface area contributed by atoms with Crippen molar-refractivity contribution in [3.05, 3.63) is 0 Å². The van der Waals surface area contributed by atoms with Crippen LogP contribution in [0.25, 0.3) is 0 Å². The molecular formula is C23H46. The Labute approximate surface area is 148 Å². The molecule has 0 N–H and O–H groups in total. The lowest BCUT2D eigenvalue weighted by atomic mass is 9.67. The number of hydrogen-bond acceptors (Lipinski definition) is 0. The van der Waals surface area contributed by atoms with E-state index in [0.29, 0.717) is 0 Å². The predicted molar refractivity (Wildman–Crippen MR) is 106 cm³/mol. The standard InChI is InChI=1S/C23H46/c1-7-11-22-15-12-18(5)16-23(22)17-21(10-4)19(6)13-14-20(8-2)9-3/h18-23H,7-17H2,1-6H3. The summed E-state index contributed by atoms with van der Waals surface area (Å²) in [6.07, 6.45) is 16.0. The van der Waals surface area contributed by atoms with E-state index >= 15 is 0 Å².